The molecule has 0 bridgehead atoms. The number of methoxy groups -OCH3 is 1. The summed E-state index contributed by atoms with van der Waals surface area (Å²) < 4.78 is 10.7. The van der Waals surface area contributed by atoms with Crippen LogP contribution < -0.4 is 10.2 Å². The number of hydrazone groups is 1. The van der Waals surface area contributed by atoms with E-state index in [0.717, 1.165) is 27.7 Å². The molecule has 39 heavy (non-hydrogen) atoms. The van der Waals surface area contributed by atoms with Gasteiger partial charge >= 0.3 is 5.97 Å². The summed E-state index contributed by atoms with van der Waals surface area (Å²) in [5, 5.41) is 4.85. The summed E-state index contributed by atoms with van der Waals surface area (Å²) in [5.74, 6) is 0.619. The van der Waals surface area contributed by atoms with Gasteiger partial charge in [0.15, 0.2) is 5.16 Å². The van der Waals surface area contributed by atoms with Crippen LogP contribution in [-0.4, -0.2) is 35.2 Å². The van der Waals surface area contributed by atoms with Crippen molar-refractivity contribution in [3.8, 4) is 5.75 Å². The fourth-order valence-electron chi connectivity index (χ4n) is 3.62. The van der Waals surface area contributed by atoms with Gasteiger partial charge < -0.3 is 9.47 Å². The van der Waals surface area contributed by atoms with E-state index in [1.807, 2.05) is 68.4 Å². The maximum Gasteiger partial charge on any atom is 0.337 e. The molecule has 0 radical (unpaired) electrons. The predicted octanol–water partition coefficient (Wildman–Crippen LogP) is 5.52. The lowest BCUT2D eigenvalue weighted by atomic mass is 10.1. The van der Waals surface area contributed by atoms with Gasteiger partial charge in [0.1, 0.15) is 12.4 Å². The standard InChI is InChI=1S/C30H28N4O4S/c1-20-16-21(2)33-30(32-20)39-19-23-10-12-24(13-11-23)28(35)34-31-17-26-6-4-5-7-27(26)38-18-22-8-14-25(15-9-22)29(36)37-3/h4-17H,18-19H2,1-3H3,(H,34,35)/b31-17-. The number of para-hydroxylation sites is 1. The molecule has 9 heteroatoms. The van der Waals surface area contributed by atoms with Crippen LogP contribution in [0.15, 0.2) is 89.1 Å². The Morgan fingerprint density at radius 1 is 0.897 bits per heavy atom. The van der Waals surface area contributed by atoms with Gasteiger partial charge in [-0.1, -0.05) is 48.2 Å². The SMILES string of the molecule is COC(=O)c1ccc(COc2ccccc2/C=N\NC(=O)c2ccc(CSc3nc(C)cc(C)n3)cc2)cc1. The van der Waals surface area contributed by atoms with Gasteiger partial charge in [-0.05, 0) is 67.4 Å². The van der Waals surface area contributed by atoms with Crippen LogP contribution in [0.25, 0.3) is 0 Å². The Morgan fingerprint density at radius 2 is 1.54 bits per heavy atom. The smallest absolute Gasteiger partial charge is 0.337 e. The van der Waals surface area contributed by atoms with E-state index in [4.69, 9.17) is 9.47 Å². The fourth-order valence-corrected chi connectivity index (χ4v) is 4.52. The average molecular weight is 541 g/mol. The van der Waals surface area contributed by atoms with Crippen molar-refractivity contribution in [1.29, 1.82) is 0 Å². The quantitative estimate of drug-likeness (QED) is 0.0929. The van der Waals surface area contributed by atoms with Gasteiger partial charge in [-0.25, -0.2) is 20.2 Å². The molecule has 0 aliphatic heterocycles. The van der Waals surface area contributed by atoms with E-state index in [-0.39, 0.29) is 11.9 Å². The minimum absolute atomic E-state index is 0.304. The second-order valence-corrected chi connectivity index (χ2v) is 9.58. The summed E-state index contributed by atoms with van der Waals surface area (Å²) >= 11 is 1.56. The molecule has 8 nitrogen and oxygen atoms in total. The molecule has 3 aromatic carbocycles. The van der Waals surface area contributed by atoms with Gasteiger partial charge in [0.25, 0.3) is 5.91 Å². The molecule has 0 aliphatic carbocycles. The second kappa shape index (κ2) is 13.3. The molecular weight excluding hydrogens is 512 g/mol. The maximum atomic E-state index is 12.6. The molecular formula is C30H28N4O4S. The van der Waals surface area contributed by atoms with E-state index < -0.39 is 0 Å². The molecule has 0 saturated heterocycles. The van der Waals surface area contributed by atoms with Gasteiger partial charge in [0.05, 0.1) is 18.9 Å². The zero-order valence-corrected chi connectivity index (χ0v) is 22.7. The topological polar surface area (TPSA) is 103 Å². The van der Waals surface area contributed by atoms with E-state index in [1.165, 1.54) is 7.11 Å². The number of hydrogen-bond acceptors (Lipinski definition) is 8. The third kappa shape index (κ3) is 7.99. The Balaban J connectivity index is 1.30. The normalized spacial score (nSPS) is 10.8. The van der Waals surface area contributed by atoms with Crippen molar-refractivity contribution in [3.63, 3.8) is 0 Å². The maximum absolute atomic E-state index is 12.6. The number of hydrogen-bond donors (Lipinski definition) is 1. The summed E-state index contributed by atoms with van der Waals surface area (Å²) in [6.07, 6.45) is 1.54. The van der Waals surface area contributed by atoms with Crippen LogP contribution in [0.4, 0.5) is 0 Å². The highest BCUT2D eigenvalue weighted by atomic mass is 32.2. The molecule has 1 heterocycles. The Morgan fingerprint density at radius 3 is 2.23 bits per heavy atom. The lowest BCUT2D eigenvalue weighted by molar-refractivity contribution is 0.0600. The first-order chi connectivity index (χ1) is 18.9. The lowest BCUT2D eigenvalue weighted by Gasteiger charge is -2.09. The number of amides is 1. The second-order valence-electron chi connectivity index (χ2n) is 8.63. The Bertz CT molecular complexity index is 1450. The highest BCUT2D eigenvalue weighted by Gasteiger charge is 2.08. The molecule has 0 unspecified atom stereocenters. The number of ether oxygens (including phenoxy) is 2. The number of carbonyl (C=O) groups excluding carboxylic acids is 2. The highest BCUT2D eigenvalue weighted by molar-refractivity contribution is 7.98. The van der Waals surface area contributed by atoms with Crippen LogP contribution in [0.5, 0.6) is 5.75 Å². The third-order valence-electron chi connectivity index (χ3n) is 5.60. The van der Waals surface area contributed by atoms with Gasteiger partial charge in [0, 0.05) is 28.3 Å². The van der Waals surface area contributed by atoms with E-state index in [0.29, 0.717) is 34.8 Å². The molecule has 0 saturated carbocycles. The summed E-state index contributed by atoms with van der Waals surface area (Å²) in [6, 6.07) is 23.7. The average Bonchev–Trinajstić information content (AvgIpc) is 2.95. The molecule has 1 aromatic heterocycles. The van der Waals surface area contributed by atoms with Gasteiger partial charge in [-0.3, -0.25) is 4.79 Å². The van der Waals surface area contributed by atoms with Gasteiger partial charge in [-0.15, -0.1) is 0 Å². The molecule has 4 aromatic rings. The van der Waals surface area contributed by atoms with Crippen molar-refractivity contribution in [2.45, 2.75) is 31.4 Å². The van der Waals surface area contributed by atoms with Crippen molar-refractivity contribution in [3.05, 3.63) is 118 Å². The van der Waals surface area contributed by atoms with Crippen LogP contribution in [0.1, 0.15) is 48.8 Å². The van der Waals surface area contributed by atoms with Crippen LogP contribution in [0.3, 0.4) is 0 Å². The number of nitrogens with one attached hydrogen (secondary N) is 1. The molecule has 0 fully saturated rings. The lowest BCUT2D eigenvalue weighted by Crippen LogP contribution is -2.17. The van der Waals surface area contributed by atoms with Crippen molar-refractivity contribution < 1.29 is 19.1 Å². The Kier molecular flexibility index (Phi) is 9.42. The number of esters is 1. The highest BCUT2D eigenvalue weighted by Crippen LogP contribution is 2.21. The number of aromatic nitrogens is 2. The Hall–Kier alpha value is -4.50. The number of rotatable bonds is 10. The molecule has 198 valence electrons. The molecule has 0 atom stereocenters. The number of nitrogens with zero attached hydrogens (tertiary/aromatic N) is 3. The largest absolute Gasteiger partial charge is 0.488 e. The number of carbonyl (C=O) groups is 2. The zero-order valence-electron chi connectivity index (χ0n) is 21.9. The number of aryl methyl sites for hydroxylation is 2. The van der Waals surface area contributed by atoms with Crippen molar-refractivity contribution in [1.82, 2.24) is 15.4 Å². The van der Waals surface area contributed by atoms with Crippen LogP contribution >= 0.6 is 11.8 Å². The first-order valence-electron chi connectivity index (χ1n) is 12.2. The van der Waals surface area contributed by atoms with E-state index in [2.05, 4.69) is 20.5 Å². The molecule has 0 spiro atoms. The van der Waals surface area contributed by atoms with Crippen LogP contribution in [0.2, 0.25) is 0 Å². The third-order valence-corrected chi connectivity index (χ3v) is 6.52. The molecule has 4 rings (SSSR count). The molecule has 1 N–H and O–H groups in total. The zero-order chi connectivity index (χ0) is 27.6. The predicted molar refractivity (Wildman–Crippen MR) is 151 cm³/mol. The van der Waals surface area contributed by atoms with E-state index in [9.17, 15) is 9.59 Å². The first kappa shape index (κ1) is 27.5. The monoisotopic (exact) mass is 540 g/mol. The van der Waals surface area contributed by atoms with Crippen molar-refractivity contribution in [2.24, 2.45) is 5.10 Å². The summed E-state index contributed by atoms with van der Waals surface area (Å²) in [6.45, 7) is 4.21. The van der Waals surface area contributed by atoms with Gasteiger partial charge in [0.2, 0.25) is 0 Å². The summed E-state index contributed by atoms with van der Waals surface area (Å²) in [7, 11) is 1.35. The fraction of sp³-hybridized carbons (Fsp3) is 0.167. The molecule has 1 amide bonds. The minimum Gasteiger partial charge on any atom is -0.488 e. The van der Waals surface area contributed by atoms with Crippen LogP contribution in [-0.2, 0) is 17.1 Å². The number of benzene rings is 3. The summed E-state index contributed by atoms with van der Waals surface area (Å²) in [5.41, 5.74) is 8.10. The van der Waals surface area contributed by atoms with Crippen molar-refractivity contribution in [2.75, 3.05) is 7.11 Å². The van der Waals surface area contributed by atoms with Crippen molar-refractivity contribution >= 4 is 29.9 Å². The van der Waals surface area contributed by atoms with E-state index >= 15 is 0 Å². The van der Waals surface area contributed by atoms with E-state index in [1.54, 1.807) is 42.2 Å². The summed E-state index contributed by atoms with van der Waals surface area (Å²) in [4.78, 5) is 33.1. The minimum atomic E-state index is -0.385. The number of thioether (sulfide) groups is 1. The van der Waals surface area contributed by atoms with Crippen LogP contribution in [0, 0.1) is 13.8 Å². The molecule has 0 aliphatic rings. The Labute approximate surface area is 231 Å². The van der Waals surface area contributed by atoms with Gasteiger partial charge in [-0.2, -0.15) is 5.10 Å². The first-order valence-corrected chi connectivity index (χ1v) is 13.2.